The second-order valence-corrected chi connectivity index (χ2v) is 3.66. The van der Waals surface area contributed by atoms with Gasteiger partial charge in [0.25, 0.3) is 0 Å². The topological polar surface area (TPSA) is 23.5 Å². The standard InChI is InChI=1S/C9H18NO/c1-10(2)7-8-5-3-4-6-9(8)11/h5,8-9,11H,3-4,6-7H2,1-2H3. The van der Waals surface area contributed by atoms with Crippen LogP contribution in [0.5, 0.6) is 0 Å². The monoisotopic (exact) mass is 156 g/mol. The predicted molar refractivity (Wildman–Crippen MR) is 46.2 cm³/mol. The maximum atomic E-state index is 9.56. The van der Waals surface area contributed by atoms with E-state index in [-0.39, 0.29) is 6.10 Å². The maximum Gasteiger partial charge on any atom is 0.0583 e. The van der Waals surface area contributed by atoms with Gasteiger partial charge in [0.15, 0.2) is 0 Å². The number of hydrogen-bond donors (Lipinski definition) is 1. The highest BCUT2D eigenvalue weighted by molar-refractivity contribution is 4.88. The third-order valence-electron chi connectivity index (χ3n) is 2.24. The quantitative estimate of drug-likeness (QED) is 0.642. The molecule has 2 atom stereocenters. The Hall–Kier alpha value is -0.0800. The van der Waals surface area contributed by atoms with Crippen molar-refractivity contribution >= 4 is 0 Å². The summed E-state index contributed by atoms with van der Waals surface area (Å²) in [6.07, 6.45) is 5.48. The highest BCUT2D eigenvalue weighted by atomic mass is 16.3. The SMILES string of the molecule is CN(C)CC1[CH]CCCC1O. The van der Waals surface area contributed by atoms with E-state index in [0.29, 0.717) is 5.92 Å². The number of hydrogen-bond acceptors (Lipinski definition) is 2. The van der Waals surface area contributed by atoms with Gasteiger partial charge in [0, 0.05) is 12.5 Å². The molecule has 0 heterocycles. The van der Waals surface area contributed by atoms with E-state index in [0.717, 1.165) is 19.4 Å². The first-order valence-electron chi connectivity index (χ1n) is 4.36. The summed E-state index contributed by atoms with van der Waals surface area (Å²) in [5.41, 5.74) is 0. The Labute approximate surface area is 69.2 Å². The van der Waals surface area contributed by atoms with Crippen molar-refractivity contribution in [2.24, 2.45) is 5.92 Å². The molecule has 0 aromatic carbocycles. The van der Waals surface area contributed by atoms with Crippen molar-refractivity contribution in [2.45, 2.75) is 25.4 Å². The molecule has 65 valence electrons. The molecule has 0 bridgehead atoms. The smallest absolute Gasteiger partial charge is 0.0583 e. The second kappa shape index (κ2) is 4.07. The predicted octanol–water partition coefficient (Wildman–Crippen LogP) is 0.913. The highest BCUT2D eigenvalue weighted by Crippen LogP contribution is 2.23. The lowest BCUT2D eigenvalue weighted by molar-refractivity contribution is 0.0808. The van der Waals surface area contributed by atoms with E-state index in [1.165, 1.54) is 6.42 Å². The summed E-state index contributed by atoms with van der Waals surface area (Å²) in [4.78, 5) is 2.13. The van der Waals surface area contributed by atoms with E-state index in [1.807, 2.05) is 0 Å². The first-order valence-corrected chi connectivity index (χ1v) is 4.36. The Morgan fingerprint density at radius 2 is 2.27 bits per heavy atom. The Bertz CT molecular complexity index is 114. The second-order valence-electron chi connectivity index (χ2n) is 3.66. The summed E-state index contributed by atoms with van der Waals surface area (Å²) < 4.78 is 0. The van der Waals surface area contributed by atoms with Gasteiger partial charge in [0.1, 0.15) is 0 Å². The summed E-state index contributed by atoms with van der Waals surface area (Å²) in [7, 11) is 4.10. The highest BCUT2D eigenvalue weighted by Gasteiger charge is 2.23. The van der Waals surface area contributed by atoms with Crippen LogP contribution in [-0.2, 0) is 0 Å². The van der Waals surface area contributed by atoms with Gasteiger partial charge < -0.3 is 10.0 Å². The van der Waals surface area contributed by atoms with Crippen LogP contribution < -0.4 is 0 Å². The van der Waals surface area contributed by atoms with E-state index in [1.54, 1.807) is 0 Å². The van der Waals surface area contributed by atoms with Crippen LogP contribution in [0.25, 0.3) is 0 Å². The van der Waals surface area contributed by atoms with Crippen LogP contribution in [0.4, 0.5) is 0 Å². The first-order chi connectivity index (χ1) is 5.20. The van der Waals surface area contributed by atoms with Crippen molar-refractivity contribution in [1.82, 2.24) is 4.90 Å². The van der Waals surface area contributed by atoms with Gasteiger partial charge in [-0.25, -0.2) is 0 Å². The van der Waals surface area contributed by atoms with Crippen LogP contribution in [0.3, 0.4) is 0 Å². The number of aliphatic hydroxyl groups excluding tert-OH is 1. The van der Waals surface area contributed by atoms with Gasteiger partial charge in [0.2, 0.25) is 0 Å². The lowest BCUT2D eigenvalue weighted by Crippen LogP contribution is -2.33. The zero-order chi connectivity index (χ0) is 8.27. The van der Waals surface area contributed by atoms with Crippen LogP contribution in [0.15, 0.2) is 0 Å². The minimum atomic E-state index is -0.0915. The van der Waals surface area contributed by atoms with Crippen molar-refractivity contribution in [3.05, 3.63) is 6.42 Å². The van der Waals surface area contributed by atoms with Crippen LogP contribution in [0.2, 0.25) is 0 Å². The average molecular weight is 156 g/mol. The molecule has 0 aliphatic heterocycles. The lowest BCUT2D eigenvalue weighted by atomic mass is 9.86. The van der Waals surface area contributed by atoms with Crippen molar-refractivity contribution in [3.63, 3.8) is 0 Å². The minimum absolute atomic E-state index is 0.0915. The van der Waals surface area contributed by atoms with Crippen LogP contribution >= 0.6 is 0 Å². The number of nitrogens with zero attached hydrogens (tertiary/aromatic N) is 1. The van der Waals surface area contributed by atoms with Gasteiger partial charge in [-0.1, -0.05) is 6.42 Å². The molecular formula is C9H18NO. The zero-order valence-corrected chi connectivity index (χ0v) is 7.45. The van der Waals surface area contributed by atoms with Crippen molar-refractivity contribution in [1.29, 1.82) is 0 Å². The summed E-state index contributed by atoms with van der Waals surface area (Å²) in [6.45, 7) is 0.987. The van der Waals surface area contributed by atoms with E-state index < -0.39 is 0 Å². The molecule has 1 fully saturated rings. The fourth-order valence-electron chi connectivity index (χ4n) is 1.65. The van der Waals surface area contributed by atoms with E-state index in [2.05, 4.69) is 25.4 Å². The average Bonchev–Trinajstić information content (AvgIpc) is 1.93. The molecule has 2 unspecified atom stereocenters. The molecule has 1 rings (SSSR count). The van der Waals surface area contributed by atoms with Crippen LogP contribution in [0, 0.1) is 12.3 Å². The molecule has 1 aliphatic rings. The van der Waals surface area contributed by atoms with E-state index >= 15 is 0 Å². The summed E-state index contributed by atoms with van der Waals surface area (Å²) in [5.74, 6) is 0.402. The summed E-state index contributed by atoms with van der Waals surface area (Å²) in [5, 5.41) is 9.56. The normalized spacial score (nSPS) is 32.7. The molecule has 0 spiro atoms. The van der Waals surface area contributed by atoms with Crippen molar-refractivity contribution in [3.8, 4) is 0 Å². The fraction of sp³-hybridized carbons (Fsp3) is 0.889. The van der Waals surface area contributed by atoms with Gasteiger partial charge in [-0.3, -0.25) is 0 Å². The molecule has 0 aromatic rings. The largest absolute Gasteiger partial charge is 0.393 e. The van der Waals surface area contributed by atoms with Gasteiger partial charge in [-0.15, -0.1) is 0 Å². The Balaban J connectivity index is 2.29. The van der Waals surface area contributed by atoms with Crippen molar-refractivity contribution < 1.29 is 5.11 Å². The molecule has 1 N–H and O–H groups in total. The molecule has 2 heteroatoms. The molecular weight excluding hydrogens is 138 g/mol. The maximum absolute atomic E-state index is 9.56. The fourth-order valence-corrected chi connectivity index (χ4v) is 1.65. The Kier molecular flexibility index (Phi) is 3.34. The molecule has 0 aromatic heterocycles. The van der Waals surface area contributed by atoms with E-state index in [4.69, 9.17) is 0 Å². The number of rotatable bonds is 2. The molecule has 11 heavy (non-hydrogen) atoms. The van der Waals surface area contributed by atoms with Gasteiger partial charge in [-0.05, 0) is 33.4 Å². The lowest BCUT2D eigenvalue weighted by Gasteiger charge is -2.29. The summed E-state index contributed by atoms with van der Waals surface area (Å²) in [6, 6.07) is 0. The summed E-state index contributed by atoms with van der Waals surface area (Å²) >= 11 is 0. The van der Waals surface area contributed by atoms with Crippen LogP contribution in [0.1, 0.15) is 19.3 Å². The van der Waals surface area contributed by atoms with Crippen LogP contribution in [-0.4, -0.2) is 36.8 Å². The molecule has 1 aliphatic carbocycles. The molecule has 0 saturated heterocycles. The van der Waals surface area contributed by atoms with Crippen molar-refractivity contribution in [2.75, 3.05) is 20.6 Å². The zero-order valence-electron chi connectivity index (χ0n) is 7.45. The third-order valence-corrected chi connectivity index (χ3v) is 2.24. The van der Waals surface area contributed by atoms with Gasteiger partial charge >= 0.3 is 0 Å². The number of aliphatic hydroxyl groups is 1. The molecule has 1 saturated carbocycles. The van der Waals surface area contributed by atoms with Gasteiger partial charge in [-0.2, -0.15) is 0 Å². The first kappa shape index (κ1) is 9.01. The van der Waals surface area contributed by atoms with E-state index in [9.17, 15) is 5.11 Å². The molecule has 0 amide bonds. The third kappa shape index (κ3) is 2.80. The molecule has 1 radical (unpaired) electrons. The van der Waals surface area contributed by atoms with Gasteiger partial charge in [0.05, 0.1) is 6.10 Å². The Morgan fingerprint density at radius 1 is 1.55 bits per heavy atom. The minimum Gasteiger partial charge on any atom is -0.393 e. The Morgan fingerprint density at radius 3 is 2.82 bits per heavy atom. The molecule has 2 nitrogen and oxygen atoms in total.